The standard InChI is InChI=1S/C13H21N3O4/c1-3-4-7-20-13-12(16(17)18)10(2)15(14-13)11-5-8-19-9-6-11/h11H,3-9H2,1-2H3. The molecule has 0 unspecified atom stereocenters. The molecule has 7 nitrogen and oxygen atoms in total. The van der Waals surface area contributed by atoms with Gasteiger partial charge < -0.3 is 9.47 Å². The summed E-state index contributed by atoms with van der Waals surface area (Å²) in [7, 11) is 0. The van der Waals surface area contributed by atoms with Crippen molar-refractivity contribution in [3.05, 3.63) is 15.8 Å². The van der Waals surface area contributed by atoms with E-state index in [1.54, 1.807) is 11.6 Å². The van der Waals surface area contributed by atoms with Crippen LogP contribution >= 0.6 is 0 Å². The van der Waals surface area contributed by atoms with Gasteiger partial charge in [-0.3, -0.25) is 14.8 Å². The molecule has 20 heavy (non-hydrogen) atoms. The minimum absolute atomic E-state index is 0.00686. The fourth-order valence-electron chi connectivity index (χ4n) is 2.39. The van der Waals surface area contributed by atoms with Gasteiger partial charge in [-0.2, -0.15) is 0 Å². The number of nitrogens with zero attached hydrogens (tertiary/aromatic N) is 3. The van der Waals surface area contributed by atoms with E-state index in [1.807, 2.05) is 6.92 Å². The van der Waals surface area contributed by atoms with Crippen LogP contribution in [0.3, 0.4) is 0 Å². The average molecular weight is 283 g/mol. The molecule has 1 aromatic heterocycles. The molecule has 0 N–H and O–H groups in total. The van der Waals surface area contributed by atoms with Gasteiger partial charge in [-0.1, -0.05) is 13.3 Å². The van der Waals surface area contributed by atoms with E-state index in [0.717, 1.165) is 25.7 Å². The highest BCUT2D eigenvalue weighted by Gasteiger charge is 2.30. The first-order valence-electron chi connectivity index (χ1n) is 7.09. The van der Waals surface area contributed by atoms with Crippen molar-refractivity contribution in [1.82, 2.24) is 9.78 Å². The van der Waals surface area contributed by atoms with Crippen molar-refractivity contribution in [1.29, 1.82) is 0 Å². The molecule has 2 heterocycles. The molecular weight excluding hydrogens is 262 g/mol. The molecule has 0 radical (unpaired) electrons. The maximum atomic E-state index is 11.2. The Morgan fingerprint density at radius 2 is 2.20 bits per heavy atom. The number of unbranched alkanes of at least 4 members (excludes halogenated alkanes) is 1. The van der Waals surface area contributed by atoms with Crippen LogP contribution in [0.2, 0.25) is 0 Å². The summed E-state index contributed by atoms with van der Waals surface area (Å²) < 4.78 is 12.5. The summed E-state index contributed by atoms with van der Waals surface area (Å²) in [6.45, 7) is 5.58. The smallest absolute Gasteiger partial charge is 0.352 e. The van der Waals surface area contributed by atoms with Gasteiger partial charge in [0.2, 0.25) is 0 Å². The molecule has 0 aromatic carbocycles. The zero-order valence-electron chi connectivity index (χ0n) is 12.0. The van der Waals surface area contributed by atoms with Crippen LogP contribution in [0.4, 0.5) is 5.69 Å². The Morgan fingerprint density at radius 3 is 2.80 bits per heavy atom. The number of ether oxygens (including phenoxy) is 2. The summed E-state index contributed by atoms with van der Waals surface area (Å²) in [4.78, 5) is 10.8. The monoisotopic (exact) mass is 283 g/mol. The second-order valence-corrected chi connectivity index (χ2v) is 4.99. The quantitative estimate of drug-likeness (QED) is 0.455. The molecule has 0 aliphatic carbocycles. The normalized spacial score (nSPS) is 16.3. The average Bonchev–Trinajstić information content (AvgIpc) is 2.77. The van der Waals surface area contributed by atoms with Gasteiger partial charge in [-0.05, 0) is 26.2 Å². The van der Waals surface area contributed by atoms with Gasteiger partial charge in [0, 0.05) is 13.2 Å². The molecule has 0 atom stereocenters. The Morgan fingerprint density at radius 1 is 1.50 bits per heavy atom. The van der Waals surface area contributed by atoms with Crippen LogP contribution in [-0.2, 0) is 4.74 Å². The fourth-order valence-corrected chi connectivity index (χ4v) is 2.39. The van der Waals surface area contributed by atoms with Crippen molar-refractivity contribution in [3.8, 4) is 5.88 Å². The van der Waals surface area contributed by atoms with E-state index in [9.17, 15) is 10.1 Å². The summed E-state index contributed by atoms with van der Waals surface area (Å²) in [5.41, 5.74) is 0.556. The first-order valence-corrected chi connectivity index (χ1v) is 7.09. The van der Waals surface area contributed by atoms with Gasteiger partial charge in [-0.15, -0.1) is 5.10 Å². The van der Waals surface area contributed by atoms with Gasteiger partial charge in [0.15, 0.2) is 0 Å². The summed E-state index contributed by atoms with van der Waals surface area (Å²) >= 11 is 0. The lowest BCUT2D eigenvalue weighted by molar-refractivity contribution is -0.386. The highest BCUT2D eigenvalue weighted by molar-refractivity contribution is 5.45. The summed E-state index contributed by atoms with van der Waals surface area (Å²) in [5.74, 6) is 0.146. The van der Waals surface area contributed by atoms with Crippen molar-refractivity contribution in [2.45, 2.75) is 45.6 Å². The van der Waals surface area contributed by atoms with Crippen molar-refractivity contribution in [2.24, 2.45) is 0 Å². The lowest BCUT2D eigenvalue weighted by Gasteiger charge is -2.22. The largest absolute Gasteiger partial charge is 0.472 e. The zero-order valence-corrected chi connectivity index (χ0v) is 12.0. The second kappa shape index (κ2) is 6.69. The van der Waals surface area contributed by atoms with Crippen molar-refractivity contribution in [3.63, 3.8) is 0 Å². The first kappa shape index (κ1) is 14.8. The van der Waals surface area contributed by atoms with Crippen LogP contribution in [-0.4, -0.2) is 34.5 Å². The molecule has 1 aliphatic heterocycles. The number of nitro groups is 1. The van der Waals surface area contributed by atoms with E-state index >= 15 is 0 Å². The lowest BCUT2D eigenvalue weighted by Crippen LogP contribution is -2.21. The van der Waals surface area contributed by atoms with Crippen molar-refractivity contribution >= 4 is 5.69 Å². The molecule has 1 fully saturated rings. The maximum absolute atomic E-state index is 11.2. The molecule has 0 amide bonds. The third-order valence-electron chi connectivity index (χ3n) is 3.54. The maximum Gasteiger partial charge on any atom is 0.352 e. The van der Waals surface area contributed by atoms with Gasteiger partial charge in [0.05, 0.1) is 17.6 Å². The first-order chi connectivity index (χ1) is 9.65. The summed E-state index contributed by atoms with van der Waals surface area (Å²) in [5, 5.41) is 15.5. The van der Waals surface area contributed by atoms with Crippen molar-refractivity contribution in [2.75, 3.05) is 19.8 Å². The molecule has 0 spiro atoms. The fraction of sp³-hybridized carbons (Fsp3) is 0.769. The Bertz CT molecular complexity index is 466. The molecule has 2 rings (SSSR count). The van der Waals surface area contributed by atoms with Crippen LogP contribution in [0.1, 0.15) is 44.3 Å². The highest BCUT2D eigenvalue weighted by atomic mass is 16.6. The molecule has 0 bridgehead atoms. The Labute approximate surface area is 118 Å². The lowest BCUT2D eigenvalue weighted by atomic mass is 10.1. The number of rotatable bonds is 6. The Balaban J connectivity index is 2.23. The Kier molecular flexibility index (Phi) is 4.94. The highest BCUT2D eigenvalue weighted by Crippen LogP contribution is 2.34. The van der Waals surface area contributed by atoms with Gasteiger partial charge in [0.25, 0.3) is 0 Å². The minimum Gasteiger partial charge on any atom is -0.472 e. The van der Waals surface area contributed by atoms with Crippen LogP contribution in [0, 0.1) is 17.0 Å². The van der Waals surface area contributed by atoms with Crippen LogP contribution < -0.4 is 4.74 Å². The molecule has 1 aromatic rings. The predicted octanol–water partition coefficient (Wildman–Crippen LogP) is 2.63. The molecule has 1 saturated heterocycles. The van der Waals surface area contributed by atoms with E-state index in [-0.39, 0.29) is 17.6 Å². The second-order valence-electron chi connectivity index (χ2n) is 4.99. The van der Waals surface area contributed by atoms with Crippen LogP contribution in [0.15, 0.2) is 0 Å². The van der Waals surface area contributed by atoms with Gasteiger partial charge in [0.1, 0.15) is 5.69 Å². The number of hydrogen-bond acceptors (Lipinski definition) is 5. The molecular formula is C13H21N3O4. The molecule has 7 heteroatoms. The molecule has 112 valence electrons. The van der Waals surface area contributed by atoms with Crippen LogP contribution in [0.5, 0.6) is 5.88 Å². The van der Waals surface area contributed by atoms with E-state index in [2.05, 4.69) is 5.10 Å². The third kappa shape index (κ3) is 3.09. The van der Waals surface area contributed by atoms with E-state index in [1.165, 1.54) is 0 Å². The summed E-state index contributed by atoms with van der Waals surface area (Å²) in [6, 6.07) is 0.158. The topological polar surface area (TPSA) is 79.4 Å². The minimum atomic E-state index is -0.403. The molecule has 1 aliphatic rings. The third-order valence-corrected chi connectivity index (χ3v) is 3.54. The van der Waals surface area contributed by atoms with Gasteiger partial charge >= 0.3 is 11.6 Å². The SMILES string of the molecule is CCCCOc1nn(C2CCOCC2)c(C)c1[N+](=O)[O-]. The van der Waals surface area contributed by atoms with Gasteiger partial charge in [-0.25, -0.2) is 0 Å². The number of aromatic nitrogens is 2. The van der Waals surface area contributed by atoms with Crippen LogP contribution in [0.25, 0.3) is 0 Å². The summed E-state index contributed by atoms with van der Waals surface area (Å²) in [6.07, 6.45) is 3.50. The number of hydrogen-bond donors (Lipinski definition) is 0. The molecule has 0 saturated carbocycles. The van der Waals surface area contributed by atoms with E-state index < -0.39 is 4.92 Å². The zero-order chi connectivity index (χ0) is 14.5. The van der Waals surface area contributed by atoms with Crippen molar-refractivity contribution < 1.29 is 14.4 Å². The van der Waals surface area contributed by atoms with E-state index in [4.69, 9.17) is 9.47 Å². The van der Waals surface area contributed by atoms with E-state index in [0.29, 0.717) is 25.5 Å². The Hall–Kier alpha value is -1.63. The predicted molar refractivity (Wildman–Crippen MR) is 73.1 cm³/mol.